The Morgan fingerprint density at radius 2 is 2.14 bits per heavy atom. The molecule has 2 unspecified atom stereocenters. The monoisotopic (exact) mass is 529 g/mol. The number of halogens is 1. The van der Waals surface area contributed by atoms with Crippen LogP contribution in [-0.2, 0) is 6.42 Å². The molecule has 2 aromatic rings. The minimum atomic E-state index is 0. The third-order valence-electron chi connectivity index (χ3n) is 5.92. The van der Waals surface area contributed by atoms with Crippen molar-refractivity contribution in [1.29, 1.82) is 0 Å². The Kier molecular flexibility index (Phi) is 8.16. The molecule has 7 nitrogen and oxygen atoms in total. The normalized spacial score (nSPS) is 22.6. The fraction of sp³-hybridized carbons (Fsp3) is 0.650. The number of hydrogen-bond acceptors (Lipinski definition) is 5. The number of likely N-dealkylation sites (tertiary alicyclic amines) is 1. The predicted octanol–water partition coefficient (Wildman–Crippen LogP) is 3.26. The number of aliphatic imine (C=N–C) groups is 1. The first-order valence-corrected chi connectivity index (χ1v) is 11.2. The molecule has 9 heteroatoms. The number of guanidine groups is 1. The number of rotatable bonds is 5. The molecule has 160 valence electrons. The van der Waals surface area contributed by atoms with E-state index in [0.717, 1.165) is 51.5 Å². The lowest BCUT2D eigenvalue weighted by Crippen LogP contribution is -2.49. The third kappa shape index (κ3) is 5.42. The van der Waals surface area contributed by atoms with Crippen LogP contribution in [0.3, 0.4) is 0 Å². The summed E-state index contributed by atoms with van der Waals surface area (Å²) in [5.74, 6) is 1.63. The van der Waals surface area contributed by atoms with Gasteiger partial charge in [-0.15, -0.1) is 35.3 Å². The lowest BCUT2D eigenvalue weighted by atomic mass is 9.93. The van der Waals surface area contributed by atoms with Crippen LogP contribution in [0.5, 0.6) is 0 Å². The van der Waals surface area contributed by atoms with Crippen molar-refractivity contribution in [1.82, 2.24) is 24.8 Å². The highest BCUT2D eigenvalue weighted by atomic mass is 127. The van der Waals surface area contributed by atoms with E-state index in [1.807, 2.05) is 19.6 Å². The Morgan fingerprint density at radius 1 is 1.31 bits per heavy atom. The molecule has 2 aliphatic rings. The number of hydrogen-bond donors (Lipinski definition) is 1. The minimum absolute atomic E-state index is 0. The molecule has 29 heavy (non-hydrogen) atoms. The standard InChI is InChI=1S/C20H31N7S.HI/c1-16-6-11-26(13-18(16)27-12-8-22-15-27)19(21-2)23-7-5-17-14-28-20(24-17)25-9-3-4-10-25;/h8,12,14-16,18H,3-7,9-11,13H2,1-2H3,(H,21,23);1H. The molecule has 0 spiro atoms. The molecule has 4 heterocycles. The van der Waals surface area contributed by atoms with Gasteiger partial charge in [0.15, 0.2) is 11.1 Å². The number of piperidine rings is 1. The molecular formula is C20H32IN7S. The highest BCUT2D eigenvalue weighted by Crippen LogP contribution is 2.27. The van der Waals surface area contributed by atoms with Crippen LogP contribution in [0.1, 0.15) is 37.9 Å². The maximum atomic E-state index is 4.82. The predicted molar refractivity (Wildman–Crippen MR) is 131 cm³/mol. The Balaban J connectivity index is 0.00000240. The van der Waals surface area contributed by atoms with E-state index in [1.54, 1.807) is 11.3 Å². The largest absolute Gasteiger partial charge is 0.356 e. The second-order valence-corrected chi connectivity index (χ2v) is 8.67. The van der Waals surface area contributed by atoms with Gasteiger partial charge < -0.3 is 19.7 Å². The van der Waals surface area contributed by atoms with Gasteiger partial charge in [-0.05, 0) is 25.2 Å². The van der Waals surface area contributed by atoms with Gasteiger partial charge >= 0.3 is 0 Å². The zero-order valence-corrected chi connectivity index (χ0v) is 20.5. The summed E-state index contributed by atoms with van der Waals surface area (Å²) in [5.41, 5.74) is 1.18. The van der Waals surface area contributed by atoms with Crippen molar-refractivity contribution >= 4 is 46.4 Å². The molecule has 0 radical (unpaired) electrons. The van der Waals surface area contributed by atoms with E-state index in [9.17, 15) is 0 Å². The quantitative estimate of drug-likeness (QED) is 0.366. The van der Waals surface area contributed by atoms with Crippen LogP contribution in [0.25, 0.3) is 0 Å². The van der Waals surface area contributed by atoms with E-state index in [2.05, 4.69) is 48.2 Å². The number of nitrogens with zero attached hydrogens (tertiary/aromatic N) is 6. The summed E-state index contributed by atoms with van der Waals surface area (Å²) in [5, 5.41) is 6.94. The number of imidazole rings is 1. The van der Waals surface area contributed by atoms with Gasteiger partial charge in [-0.25, -0.2) is 9.97 Å². The number of nitrogens with one attached hydrogen (secondary N) is 1. The van der Waals surface area contributed by atoms with Crippen molar-refractivity contribution in [3.05, 3.63) is 29.8 Å². The summed E-state index contributed by atoms with van der Waals surface area (Å²) in [4.78, 5) is 18.4. The molecule has 0 amide bonds. The number of aromatic nitrogens is 3. The van der Waals surface area contributed by atoms with E-state index >= 15 is 0 Å². The first kappa shape index (κ1) is 22.3. The van der Waals surface area contributed by atoms with Crippen LogP contribution in [-0.4, -0.2) is 65.2 Å². The Labute approximate surface area is 194 Å². The number of thiazole rings is 1. The van der Waals surface area contributed by atoms with Crippen LogP contribution in [0.2, 0.25) is 0 Å². The zero-order valence-electron chi connectivity index (χ0n) is 17.3. The number of anilines is 1. The molecule has 2 fully saturated rings. The average Bonchev–Trinajstić information content (AvgIpc) is 3.48. The van der Waals surface area contributed by atoms with E-state index in [0.29, 0.717) is 12.0 Å². The second kappa shape index (κ2) is 10.6. The highest BCUT2D eigenvalue weighted by molar-refractivity contribution is 14.0. The molecular weight excluding hydrogens is 497 g/mol. The van der Waals surface area contributed by atoms with Crippen LogP contribution in [0.15, 0.2) is 29.1 Å². The molecule has 2 aliphatic heterocycles. The Morgan fingerprint density at radius 3 is 2.86 bits per heavy atom. The van der Waals surface area contributed by atoms with Gasteiger partial charge in [0.1, 0.15) is 0 Å². The van der Waals surface area contributed by atoms with E-state index in [1.165, 1.54) is 23.7 Å². The van der Waals surface area contributed by atoms with Gasteiger partial charge in [0.05, 0.1) is 18.1 Å². The van der Waals surface area contributed by atoms with E-state index < -0.39 is 0 Å². The molecule has 0 aromatic carbocycles. The lowest BCUT2D eigenvalue weighted by Gasteiger charge is -2.39. The first-order valence-electron chi connectivity index (χ1n) is 10.4. The van der Waals surface area contributed by atoms with E-state index in [4.69, 9.17) is 4.98 Å². The molecule has 4 rings (SSSR count). The molecule has 2 saturated heterocycles. The SMILES string of the molecule is CN=C(NCCc1csc(N2CCCC2)n1)N1CCC(C)C(n2ccnc2)C1.I. The van der Waals surface area contributed by atoms with Crippen molar-refractivity contribution in [3.8, 4) is 0 Å². The first-order chi connectivity index (χ1) is 13.7. The summed E-state index contributed by atoms with van der Waals surface area (Å²) in [6, 6.07) is 0.441. The summed E-state index contributed by atoms with van der Waals surface area (Å²) in [6.07, 6.45) is 10.5. The molecule has 2 aromatic heterocycles. The summed E-state index contributed by atoms with van der Waals surface area (Å²) in [7, 11) is 1.88. The van der Waals surface area contributed by atoms with Crippen LogP contribution >= 0.6 is 35.3 Å². The van der Waals surface area contributed by atoms with Crippen LogP contribution < -0.4 is 10.2 Å². The van der Waals surface area contributed by atoms with Gasteiger partial charge in [0.2, 0.25) is 0 Å². The summed E-state index contributed by atoms with van der Waals surface area (Å²) < 4.78 is 2.24. The molecule has 2 atom stereocenters. The van der Waals surface area contributed by atoms with Crippen molar-refractivity contribution in [3.63, 3.8) is 0 Å². The average molecular weight is 529 g/mol. The fourth-order valence-electron chi connectivity index (χ4n) is 4.19. The van der Waals surface area contributed by atoms with Gasteiger partial charge in [-0.1, -0.05) is 6.92 Å². The van der Waals surface area contributed by atoms with E-state index in [-0.39, 0.29) is 24.0 Å². The lowest BCUT2D eigenvalue weighted by molar-refractivity contribution is 0.189. The maximum Gasteiger partial charge on any atom is 0.193 e. The van der Waals surface area contributed by atoms with Crippen molar-refractivity contribution in [2.45, 2.75) is 38.6 Å². The van der Waals surface area contributed by atoms with Crippen LogP contribution in [0, 0.1) is 5.92 Å². The van der Waals surface area contributed by atoms with Crippen molar-refractivity contribution in [2.24, 2.45) is 10.9 Å². The van der Waals surface area contributed by atoms with Gasteiger partial charge in [0, 0.05) is 64.0 Å². The third-order valence-corrected chi connectivity index (χ3v) is 6.87. The van der Waals surface area contributed by atoms with Gasteiger partial charge in [-0.3, -0.25) is 4.99 Å². The molecule has 0 aliphatic carbocycles. The highest BCUT2D eigenvalue weighted by Gasteiger charge is 2.28. The molecule has 0 bridgehead atoms. The Bertz CT molecular complexity index is 770. The topological polar surface area (TPSA) is 61.6 Å². The van der Waals surface area contributed by atoms with Crippen LogP contribution in [0.4, 0.5) is 5.13 Å². The minimum Gasteiger partial charge on any atom is -0.356 e. The Hall–Kier alpha value is -1.36. The van der Waals surface area contributed by atoms with Crippen molar-refractivity contribution in [2.75, 3.05) is 44.7 Å². The summed E-state index contributed by atoms with van der Waals surface area (Å²) in [6.45, 7) is 7.51. The molecule has 0 saturated carbocycles. The van der Waals surface area contributed by atoms with Gasteiger partial charge in [0.25, 0.3) is 0 Å². The smallest absolute Gasteiger partial charge is 0.193 e. The fourth-order valence-corrected chi connectivity index (χ4v) is 5.11. The van der Waals surface area contributed by atoms with Crippen molar-refractivity contribution < 1.29 is 0 Å². The zero-order chi connectivity index (χ0) is 19.3. The summed E-state index contributed by atoms with van der Waals surface area (Å²) >= 11 is 1.78. The maximum absolute atomic E-state index is 4.82. The van der Waals surface area contributed by atoms with Gasteiger partial charge in [-0.2, -0.15) is 0 Å². The molecule has 1 N–H and O–H groups in total. The second-order valence-electron chi connectivity index (χ2n) is 7.83.